The second kappa shape index (κ2) is 7.84. The van der Waals surface area contributed by atoms with Gasteiger partial charge in [-0.1, -0.05) is 0 Å². The summed E-state index contributed by atoms with van der Waals surface area (Å²) in [7, 11) is -8.83. The fourth-order valence-electron chi connectivity index (χ4n) is 3.12. The van der Waals surface area contributed by atoms with Crippen LogP contribution in [-0.4, -0.2) is 66.5 Å². The molecule has 0 aromatic carbocycles. The van der Waals surface area contributed by atoms with E-state index in [9.17, 15) is 19.1 Å². The predicted octanol–water partition coefficient (Wildman–Crippen LogP) is -0.417. The summed E-state index contributed by atoms with van der Waals surface area (Å²) in [6, 6.07) is 3.24. The SMILES string of the molecule is CN=C[C@@]1(c2ccc3c(N)ncnn23)O[C@H](COP(=O)(O)OP(=O)(O)O)C[C@H]1O. The van der Waals surface area contributed by atoms with Crippen LogP contribution in [0.4, 0.5) is 5.82 Å². The van der Waals surface area contributed by atoms with Gasteiger partial charge in [0.25, 0.3) is 0 Å². The Kier molecular flexibility index (Phi) is 5.94. The number of aliphatic hydroxyl groups excluding tert-OH is 1. The highest BCUT2D eigenvalue weighted by Crippen LogP contribution is 2.57. The van der Waals surface area contributed by atoms with E-state index in [0.29, 0.717) is 11.2 Å². The van der Waals surface area contributed by atoms with Crippen LogP contribution in [0.3, 0.4) is 0 Å². The van der Waals surface area contributed by atoms with Crippen molar-refractivity contribution in [1.82, 2.24) is 14.6 Å². The molecule has 14 nitrogen and oxygen atoms in total. The highest BCUT2D eigenvalue weighted by atomic mass is 31.3. The zero-order chi connectivity index (χ0) is 21.4. The summed E-state index contributed by atoms with van der Waals surface area (Å²) in [4.78, 5) is 34.5. The van der Waals surface area contributed by atoms with Crippen LogP contribution in [0.15, 0.2) is 23.5 Å². The zero-order valence-corrected chi connectivity index (χ0v) is 16.8. The van der Waals surface area contributed by atoms with Crippen LogP contribution in [0.1, 0.15) is 12.1 Å². The highest BCUT2D eigenvalue weighted by Gasteiger charge is 2.51. The third-order valence-electron chi connectivity index (χ3n) is 4.18. The van der Waals surface area contributed by atoms with Gasteiger partial charge in [-0.05, 0) is 12.1 Å². The molecule has 0 saturated carbocycles. The van der Waals surface area contributed by atoms with Crippen LogP contribution >= 0.6 is 15.6 Å². The molecule has 2 aromatic rings. The van der Waals surface area contributed by atoms with Crippen molar-refractivity contribution in [3.63, 3.8) is 0 Å². The standard InChI is InChI=1S/C13H19N5O9P2/c1-15-6-13(10-3-2-9-12(14)16-7-17-18(9)10)11(19)4-8(26-13)5-25-29(23,24)27-28(20,21)22/h2-3,6-8,11,19H,4-5H2,1H3,(H,23,24)(H2,14,16,17)(H2,20,21,22)/t8-,11+,13-/m0/s1. The number of aliphatic hydroxyl groups is 1. The minimum absolute atomic E-state index is 0.0459. The van der Waals surface area contributed by atoms with Crippen LogP contribution < -0.4 is 5.73 Å². The number of nitrogen functional groups attached to an aromatic ring is 1. The number of nitrogens with two attached hydrogens (primary N) is 1. The monoisotopic (exact) mass is 451 g/mol. The Morgan fingerprint density at radius 1 is 1.45 bits per heavy atom. The van der Waals surface area contributed by atoms with Gasteiger partial charge < -0.3 is 30.3 Å². The lowest BCUT2D eigenvalue weighted by molar-refractivity contribution is -0.0508. The van der Waals surface area contributed by atoms with Crippen LogP contribution in [0.25, 0.3) is 5.52 Å². The van der Waals surface area contributed by atoms with Crippen LogP contribution in [-0.2, 0) is 28.3 Å². The molecule has 1 unspecified atom stereocenters. The van der Waals surface area contributed by atoms with E-state index in [2.05, 4.69) is 23.9 Å². The maximum absolute atomic E-state index is 11.6. The van der Waals surface area contributed by atoms with E-state index in [-0.39, 0.29) is 12.2 Å². The van der Waals surface area contributed by atoms with Crippen LogP contribution in [0.5, 0.6) is 0 Å². The van der Waals surface area contributed by atoms with Crippen molar-refractivity contribution in [3.8, 4) is 0 Å². The Labute approximate surface area is 163 Å². The van der Waals surface area contributed by atoms with Gasteiger partial charge in [0.05, 0.1) is 24.5 Å². The van der Waals surface area contributed by atoms with E-state index < -0.39 is 40.1 Å². The largest absolute Gasteiger partial charge is 0.481 e. The molecule has 0 amide bonds. The highest BCUT2D eigenvalue weighted by molar-refractivity contribution is 7.60. The minimum Gasteiger partial charge on any atom is -0.389 e. The molecule has 1 aliphatic rings. The van der Waals surface area contributed by atoms with E-state index in [1.165, 1.54) is 24.1 Å². The molecule has 16 heteroatoms. The molecule has 0 aliphatic carbocycles. The Morgan fingerprint density at radius 2 is 2.17 bits per heavy atom. The van der Waals surface area contributed by atoms with Gasteiger partial charge in [-0.3, -0.25) is 9.52 Å². The molecule has 160 valence electrons. The fourth-order valence-corrected chi connectivity index (χ4v) is 4.74. The molecule has 6 N–H and O–H groups in total. The number of nitrogens with zero attached hydrogens (tertiary/aromatic N) is 4. The summed E-state index contributed by atoms with van der Waals surface area (Å²) in [5.74, 6) is 0.206. The van der Waals surface area contributed by atoms with Gasteiger partial charge in [0.1, 0.15) is 11.8 Å². The molecule has 1 fully saturated rings. The molecule has 29 heavy (non-hydrogen) atoms. The number of aliphatic imine (C=N–C) groups is 1. The van der Waals surface area contributed by atoms with Crippen molar-refractivity contribution in [1.29, 1.82) is 0 Å². The summed E-state index contributed by atoms with van der Waals surface area (Å²) in [6.45, 7) is -0.593. The van der Waals surface area contributed by atoms with Crippen molar-refractivity contribution in [2.24, 2.45) is 4.99 Å². The third-order valence-corrected chi connectivity index (χ3v) is 6.33. The lowest BCUT2D eigenvalue weighted by Crippen LogP contribution is -2.40. The van der Waals surface area contributed by atoms with Gasteiger partial charge in [0.2, 0.25) is 0 Å². The topological polar surface area (TPSA) is 211 Å². The van der Waals surface area contributed by atoms with E-state index in [0.717, 1.165) is 0 Å². The molecule has 1 aliphatic heterocycles. The fraction of sp³-hybridized carbons (Fsp3) is 0.462. The summed E-state index contributed by atoms with van der Waals surface area (Å²) in [6.07, 6.45) is 0.438. The second-order valence-electron chi connectivity index (χ2n) is 6.17. The zero-order valence-electron chi connectivity index (χ0n) is 15.0. The Balaban J connectivity index is 1.86. The van der Waals surface area contributed by atoms with Crippen molar-refractivity contribution < 1.29 is 42.5 Å². The first-order valence-corrected chi connectivity index (χ1v) is 11.1. The smallest absolute Gasteiger partial charge is 0.389 e. The molecule has 4 atom stereocenters. The molecular weight excluding hydrogens is 432 g/mol. The number of ether oxygens (including phenoxy) is 1. The third kappa shape index (κ3) is 4.56. The first-order valence-electron chi connectivity index (χ1n) is 8.09. The van der Waals surface area contributed by atoms with E-state index in [1.807, 2.05) is 0 Å². The van der Waals surface area contributed by atoms with E-state index in [4.69, 9.17) is 20.3 Å². The average molecular weight is 451 g/mol. The summed E-state index contributed by atoms with van der Waals surface area (Å²) in [5.41, 5.74) is 5.19. The molecule has 0 radical (unpaired) electrons. The van der Waals surface area contributed by atoms with E-state index >= 15 is 0 Å². The number of phosphoric ester groups is 1. The normalized spacial score (nSPS) is 27.6. The van der Waals surface area contributed by atoms with Crippen molar-refractivity contribution in [2.45, 2.75) is 24.2 Å². The van der Waals surface area contributed by atoms with Gasteiger partial charge in [-0.2, -0.15) is 9.41 Å². The molecule has 0 spiro atoms. The van der Waals surface area contributed by atoms with Crippen molar-refractivity contribution >= 4 is 33.2 Å². The maximum atomic E-state index is 11.6. The first-order chi connectivity index (χ1) is 13.5. The van der Waals surface area contributed by atoms with Gasteiger partial charge >= 0.3 is 15.6 Å². The Bertz CT molecular complexity index is 1020. The van der Waals surface area contributed by atoms with Gasteiger partial charge in [-0.25, -0.2) is 18.6 Å². The molecular formula is C13H19N5O9P2. The molecule has 0 bridgehead atoms. The summed E-state index contributed by atoms with van der Waals surface area (Å²) >= 11 is 0. The van der Waals surface area contributed by atoms with Crippen LogP contribution in [0.2, 0.25) is 0 Å². The number of hydrogen-bond donors (Lipinski definition) is 5. The molecule has 1 saturated heterocycles. The predicted molar refractivity (Wildman–Crippen MR) is 97.9 cm³/mol. The average Bonchev–Trinajstić information content (AvgIpc) is 3.15. The molecule has 3 rings (SSSR count). The lowest BCUT2D eigenvalue weighted by atomic mass is 9.94. The van der Waals surface area contributed by atoms with Crippen molar-refractivity contribution in [3.05, 3.63) is 24.2 Å². The second-order valence-corrected chi connectivity index (χ2v) is 9.00. The summed E-state index contributed by atoms with van der Waals surface area (Å²) < 4.78 is 38.0. The van der Waals surface area contributed by atoms with Gasteiger partial charge in [0, 0.05) is 19.7 Å². The Morgan fingerprint density at radius 3 is 2.83 bits per heavy atom. The van der Waals surface area contributed by atoms with Gasteiger partial charge in [-0.15, -0.1) is 0 Å². The first kappa shape index (κ1) is 22.0. The number of aromatic nitrogens is 3. The number of hydrogen-bond acceptors (Lipinski definition) is 10. The van der Waals surface area contributed by atoms with E-state index in [1.54, 1.807) is 12.1 Å². The van der Waals surface area contributed by atoms with Crippen LogP contribution in [0, 0.1) is 0 Å². The molecule has 3 heterocycles. The van der Waals surface area contributed by atoms with Gasteiger partial charge in [0.15, 0.2) is 11.4 Å². The number of fused-ring (bicyclic) bond motifs is 1. The minimum atomic E-state index is -5.25. The van der Waals surface area contributed by atoms with Crippen molar-refractivity contribution in [2.75, 3.05) is 19.4 Å². The quantitative estimate of drug-likeness (QED) is 0.268. The Hall–Kier alpha value is -1.73. The number of anilines is 1. The lowest BCUT2D eigenvalue weighted by Gasteiger charge is -2.28. The maximum Gasteiger partial charge on any atom is 0.481 e. The summed E-state index contributed by atoms with van der Waals surface area (Å²) in [5, 5.41) is 14.8. The number of rotatable bonds is 7. The molecule has 2 aromatic heterocycles. The number of phosphoric acid groups is 2.